The number of hydrogen-bond donors (Lipinski definition) is 1. The Morgan fingerprint density at radius 1 is 1.26 bits per heavy atom. The molecule has 3 atom stereocenters. The number of aromatic nitrogens is 5. The molecule has 2 saturated carbocycles. The van der Waals surface area contributed by atoms with Gasteiger partial charge < -0.3 is 4.74 Å². The molecule has 2 aromatic rings. The van der Waals surface area contributed by atoms with Crippen LogP contribution in [-0.2, 0) is 10.3 Å². The highest BCUT2D eigenvalue weighted by Gasteiger charge is 2.52. The number of fused-ring (bicyclic) bond motifs is 6. The molecule has 9 nitrogen and oxygen atoms in total. The second kappa shape index (κ2) is 5.45. The maximum atomic E-state index is 6.49. The van der Waals surface area contributed by atoms with E-state index < -0.39 is 0 Å². The lowest BCUT2D eigenvalue weighted by Gasteiger charge is -2.45. The van der Waals surface area contributed by atoms with Gasteiger partial charge in [0.05, 0.1) is 18.1 Å². The number of anilines is 1. The van der Waals surface area contributed by atoms with Crippen LogP contribution in [0, 0.1) is 5.92 Å². The predicted octanol–water partition coefficient (Wildman–Crippen LogP) is 2.06. The van der Waals surface area contributed by atoms with Gasteiger partial charge in [0.15, 0.2) is 0 Å². The second-order valence-electron chi connectivity index (χ2n) is 7.86. The van der Waals surface area contributed by atoms with Crippen LogP contribution in [0.3, 0.4) is 0 Å². The van der Waals surface area contributed by atoms with Crippen molar-refractivity contribution in [2.45, 2.75) is 56.3 Å². The van der Waals surface area contributed by atoms with Gasteiger partial charge in [-0.15, -0.1) is 10.2 Å². The third-order valence-electron chi connectivity index (χ3n) is 6.59. The summed E-state index contributed by atoms with van der Waals surface area (Å²) in [7, 11) is 1.74. The molecule has 0 saturated heterocycles. The summed E-state index contributed by atoms with van der Waals surface area (Å²) in [5.41, 5.74) is 4.00. The molecular formula is C17H21ClN8O. The van der Waals surface area contributed by atoms with E-state index in [1.807, 2.05) is 6.20 Å². The molecule has 6 rings (SSSR count). The molecule has 2 aliphatic heterocycles. The molecule has 2 fully saturated rings. The van der Waals surface area contributed by atoms with E-state index >= 15 is 0 Å². The van der Waals surface area contributed by atoms with E-state index in [1.54, 1.807) is 18.0 Å². The Bertz CT molecular complexity index is 931. The van der Waals surface area contributed by atoms with Gasteiger partial charge >= 0.3 is 0 Å². The molecule has 0 amide bonds. The Morgan fingerprint density at radius 2 is 2.11 bits per heavy atom. The SMILES string of the molecule is COC1(c2cnnn2C2=NNC3C4CCCCC4n4c(cnc4Cl)N23)CC1. The first-order valence-electron chi connectivity index (χ1n) is 9.55. The zero-order chi connectivity index (χ0) is 18.2. The van der Waals surface area contributed by atoms with Crippen LogP contribution < -0.4 is 10.3 Å². The maximum Gasteiger partial charge on any atom is 0.252 e. The number of methoxy groups -OCH3 is 1. The Labute approximate surface area is 161 Å². The summed E-state index contributed by atoms with van der Waals surface area (Å²) >= 11 is 6.49. The normalized spacial score (nSPS) is 30.2. The molecule has 0 radical (unpaired) electrons. The van der Waals surface area contributed by atoms with Crippen LogP contribution >= 0.6 is 11.6 Å². The van der Waals surface area contributed by atoms with Crippen molar-refractivity contribution in [1.82, 2.24) is 30.0 Å². The van der Waals surface area contributed by atoms with E-state index in [1.165, 1.54) is 12.8 Å². The molecule has 142 valence electrons. The quantitative estimate of drug-likeness (QED) is 0.847. The van der Waals surface area contributed by atoms with Gasteiger partial charge in [0.2, 0.25) is 5.28 Å². The van der Waals surface area contributed by atoms with E-state index in [9.17, 15) is 0 Å². The summed E-state index contributed by atoms with van der Waals surface area (Å²) in [6.07, 6.45) is 10.3. The smallest absolute Gasteiger partial charge is 0.252 e. The number of hydrogen-bond acceptors (Lipinski definition) is 7. The fourth-order valence-electron chi connectivity index (χ4n) is 5.06. The summed E-state index contributed by atoms with van der Waals surface area (Å²) in [5.74, 6) is 2.08. The van der Waals surface area contributed by atoms with E-state index in [0.717, 1.165) is 37.2 Å². The van der Waals surface area contributed by atoms with Crippen molar-refractivity contribution in [3.05, 3.63) is 23.4 Å². The van der Waals surface area contributed by atoms with E-state index in [0.29, 0.717) is 23.2 Å². The van der Waals surface area contributed by atoms with Crippen LogP contribution in [0.25, 0.3) is 0 Å². The highest BCUT2D eigenvalue weighted by molar-refractivity contribution is 6.28. The van der Waals surface area contributed by atoms with Crippen molar-refractivity contribution >= 4 is 23.4 Å². The topological polar surface area (TPSA) is 85.4 Å². The highest BCUT2D eigenvalue weighted by Crippen LogP contribution is 2.50. The molecule has 2 aliphatic carbocycles. The molecule has 27 heavy (non-hydrogen) atoms. The number of ether oxygens (including phenoxy) is 1. The fourth-order valence-corrected chi connectivity index (χ4v) is 5.32. The molecule has 2 aromatic heterocycles. The van der Waals surface area contributed by atoms with Crippen LogP contribution in [0.1, 0.15) is 50.3 Å². The fraction of sp³-hybridized carbons (Fsp3) is 0.647. The summed E-state index contributed by atoms with van der Waals surface area (Å²) in [4.78, 5) is 6.58. The zero-order valence-electron chi connectivity index (χ0n) is 15.0. The van der Waals surface area contributed by atoms with E-state index in [-0.39, 0.29) is 11.8 Å². The van der Waals surface area contributed by atoms with Crippen molar-refractivity contribution in [2.24, 2.45) is 11.0 Å². The van der Waals surface area contributed by atoms with Gasteiger partial charge in [0, 0.05) is 19.1 Å². The van der Waals surface area contributed by atoms with Crippen LogP contribution in [0.4, 0.5) is 5.82 Å². The van der Waals surface area contributed by atoms with Crippen molar-refractivity contribution in [3.8, 4) is 0 Å². The molecule has 4 aliphatic rings. The minimum absolute atomic E-state index is 0.0836. The minimum Gasteiger partial charge on any atom is -0.372 e. The van der Waals surface area contributed by atoms with Gasteiger partial charge in [-0.25, -0.2) is 4.98 Å². The first-order valence-corrected chi connectivity index (χ1v) is 9.93. The number of nitrogens with one attached hydrogen (secondary N) is 1. The van der Waals surface area contributed by atoms with Gasteiger partial charge in [0.1, 0.15) is 17.6 Å². The third kappa shape index (κ3) is 2.04. The standard InChI is InChI=1S/C17H21ClN8O/c1-27-17(6-7-17)12-8-20-23-26(12)16-22-21-14-10-4-2-3-5-11(10)24-13(25(14)16)9-19-15(24)18/h8-11,14,21H,2-7H2,1H3. The largest absolute Gasteiger partial charge is 0.372 e. The Hall–Kier alpha value is -2.13. The first kappa shape index (κ1) is 15.9. The number of halogens is 1. The molecule has 10 heteroatoms. The highest BCUT2D eigenvalue weighted by atomic mass is 35.5. The Kier molecular flexibility index (Phi) is 3.20. The molecule has 3 unspecified atom stereocenters. The van der Waals surface area contributed by atoms with Crippen LogP contribution in [0.15, 0.2) is 17.5 Å². The molecule has 4 heterocycles. The minimum atomic E-state index is -0.300. The molecular weight excluding hydrogens is 368 g/mol. The molecule has 0 aromatic carbocycles. The lowest BCUT2D eigenvalue weighted by Crippen LogP contribution is -2.55. The van der Waals surface area contributed by atoms with Crippen molar-refractivity contribution in [3.63, 3.8) is 0 Å². The van der Waals surface area contributed by atoms with E-state index in [4.69, 9.17) is 16.3 Å². The van der Waals surface area contributed by atoms with Gasteiger partial charge in [-0.1, -0.05) is 18.1 Å². The zero-order valence-corrected chi connectivity index (χ0v) is 15.8. The Balaban J connectivity index is 1.47. The predicted molar refractivity (Wildman–Crippen MR) is 98.4 cm³/mol. The monoisotopic (exact) mass is 388 g/mol. The Morgan fingerprint density at radius 3 is 2.93 bits per heavy atom. The van der Waals surface area contributed by atoms with Gasteiger partial charge in [-0.05, 0) is 37.3 Å². The summed E-state index contributed by atoms with van der Waals surface area (Å²) in [6.45, 7) is 0. The molecule has 1 N–H and O–H groups in total. The van der Waals surface area contributed by atoms with Crippen LogP contribution in [-0.4, -0.2) is 43.8 Å². The second-order valence-corrected chi connectivity index (χ2v) is 8.19. The lowest BCUT2D eigenvalue weighted by molar-refractivity contribution is 0.0734. The average Bonchev–Trinajstić information content (AvgIpc) is 3.03. The van der Waals surface area contributed by atoms with Gasteiger partial charge in [0.25, 0.3) is 5.96 Å². The summed E-state index contributed by atoms with van der Waals surface area (Å²) in [6, 6.07) is 0.357. The third-order valence-corrected chi connectivity index (χ3v) is 6.87. The van der Waals surface area contributed by atoms with Crippen LogP contribution in [0.2, 0.25) is 5.28 Å². The number of rotatable bonds is 2. The first-order chi connectivity index (χ1) is 13.2. The summed E-state index contributed by atoms with van der Waals surface area (Å²) in [5, 5.41) is 13.7. The number of nitrogens with zero attached hydrogens (tertiary/aromatic N) is 7. The molecule has 0 bridgehead atoms. The van der Waals surface area contributed by atoms with Crippen LogP contribution in [0.5, 0.6) is 0 Å². The summed E-state index contributed by atoms with van der Waals surface area (Å²) < 4.78 is 9.73. The number of imidazole rings is 1. The van der Waals surface area contributed by atoms with E-state index in [2.05, 4.69) is 35.3 Å². The van der Waals surface area contributed by atoms with Crippen molar-refractivity contribution < 1.29 is 4.74 Å². The van der Waals surface area contributed by atoms with Crippen molar-refractivity contribution in [1.29, 1.82) is 0 Å². The van der Waals surface area contributed by atoms with Gasteiger partial charge in [-0.3, -0.25) is 14.9 Å². The molecule has 0 spiro atoms. The van der Waals surface area contributed by atoms with Gasteiger partial charge in [-0.2, -0.15) is 4.68 Å². The number of hydrazone groups is 1. The maximum absolute atomic E-state index is 6.49. The lowest BCUT2D eigenvalue weighted by atomic mass is 9.80. The van der Waals surface area contributed by atoms with Crippen molar-refractivity contribution in [2.75, 3.05) is 12.0 Å². The average molecular weight is 389 g/mol.